The van der Waals surface area contributed by atoms with Gasteiger partial charge in [0.1, 0.15) is 22.3 Å². The number of nitrogens with zero attached hydrogens (tertiary/aromatic N) is 1. The van der Waals surface area contributed by atoms with Crippen LogP contribution in [0.3, 0.4) is 0 Å². The average Bonchev–Trinajstić information content (AvgIpc) is 3.81. The van der Waals surface area contributed by atoms with Crippen molar-refractivity contribution in [2.24, 2.45) is 0 Å². The molecule has 0 amide bonds. The Hall–Kier alpha value is -7.10. The Morgan fingerprint density at radius 3 is 1.79 bits per heavy atom. The number of para-hydroxylation sites is 3. The molecule has 0 spiro atoms. The fraction of sp³-hybridized carbons (Fsp3) is 0. The lowest BCUT2D eigenvalue weighted by Crippen LogP contribution is -2.11. The molecule has 0 aliphatic carbocycles. The van der Waals surface area contributed by atoms with E-state index in [9.17, 15) is 0 Å². The molecule has 53 heavy (non-hydrogen) atoms. The number of rotatable bonds is 5. The molecule has 0 aliphatic heterocycles. The van der Waals surface area contributed by atoms with Crippen molar-refractivity contribution in [3.63, 3.8) is 0 Å². The Morgan fingerprint density at radius 1 is 0.321 bits per heavy atom. The molecule has 0 aliphatic rings. The molecule has 9 aromatic carbocycles. The molecule has 2 heterocycles. The third-order valence-corrected chi connectivity index (χ3v) is 10.7. The van der Waals surface area contributed by atoms with Crippen molar-refractivity contribution in [1.29, 1.82) is 0 Å². The Bertz CT molecular complexity index is 3180. The molecule has 11 rings (SSSR count). The Labute approximate surface area is 305 Å². The highest BCUT2D eigenvalue weighted by molar-refractivity contribution is 6.19. The molecule has 3 heteroatoms. The van der Waals surface area contributed by atoms with Crippen molar-refractivity contribution in [2.75, 3.05) is 4.90 Å². The molecule has 3 nitrogen and oxygen atoms in total. The van der Waals surface area contributed by atoms with Crippen molar-refractivity contribution in [2.45, 2.75) is 0 Å². The van der Waals surface area contributed by atoms with Crippen molar-refractivity contribution in [1.82, 2.24) is 0 Å². The monoisotopic (exact) mass is 677 g/mol. The second-order valence-electron chi connectivity index (χ2n) is 13.6. The molecule has 0 bridgehead atoms. The summed E-state index contributed by atoms with van der Waals surface area (Å²) in [7, 11) is 0. The third-order valence-electron chi connectivity index (χ3n) is 10.7. The summed E-state index contributed by atoms with van der Waals surface area (Å²) in [5, 5.41) is 9.17. The van der Waals surface area contributed by atoms with Crippen molar-refractivity contribution in [3.05, 3.63) is 188 Å². The highest BCUT2D eigenvalue weighted by Gasteiger charge is 2.22. The van der Waals surface area contributed by atoms with Crippen LogP contribution >= 0.6 is 0 Å². The molecule has 0 saturated carbocycles. The van der Waals surface area contributed by atoms with E-state index < -0.39 is 0 Å². The lowest BCUT2D eigenvalue weighted by atomic mass is 9.97. The quantitative estimate of drug-likeness (QED) is 0.182. The van der Waals surface area contributed by atoms with Crippen LogP contribution in [0.4, 0.5) is 17.1 Å². The first-order valence-corrected chi connectivity index (χ1v) is 18.0. The maximum absolute atomic E-state index is 6.58. The number of furan rings is 2. The van der Waals surface area contributed by atoms with Gasteiger partial charge in [-0.2, -0.15) is 0 Å². The molecular formula is C50H31NO2. The summed E-state index contributed by atoms with van der Waals surface area (Å²) < 4.78 is 13.1. The van der Waals surface area contributed by atoms with Gasteiger partial charge in [0.25, 0.3) is 0 Å². The Kier molecular flexibility index (Phi) is 6.55. The summed E-state index contributed by atoms with van der Waals surface area (Å²) in [4.78, 5) is 2.39. The highest BCUT2D eigenvalue weighted by atomic mass is 16.3. The average molecular weight is 678 g/mol. The molecule has 2 aromatic heterocycles. The summed E-state index contributed by atoms with van der Waals surface area (Å²) >= 11 is 0. The third kappa shape index (κ3) is 4.61. The van der Waals surface area contributed by atoms with Crippen molar-refractivity contribution < 1.29 is 8.83 Å². The van der Waals surface area contributed by atoms with E-state index in [1.165, 1.54) is 16.2 Å². The summed E-state index contributed by atoms with van der Waals surface area (Å²) in [5.41, 5.74) is 11.3. The van der Waals surface area contributed by atoms with Crippen LogP contribution in [0.1, 0.15) is 0 Å². The maximum atomic E-state index is 6.58. The summed E-state index contributed by atoms with van der Waals surface area (Å²) in [5.74, 6) is 0. The van der Waals surface area contributed by atoms with Gasteiger partial charge in [0.05, 0.1) is 11.4 Å². The van der Waals surface area contributed by atoms with E-state index in [-0.39, 0.29) is 0 Å². The van der Waals surface area contributed by atoms with E-state index in [4.69, 9.17) is 8.83 Å². The molecule has 0 unspecified atom stereocenters. The van der Waals surface area contributed by atoms with Crippen LogP contribution in [-0.2, 0) is 0 Å². The van der Waals surface area contributed by atoms with Gasteiger partial charge >= 0.3 is 0 Å². The predicted octanol–water partition coefficient (Wildman–Crippen LogP) is 14.6. The summed E-state index contributed by atoms with van der Waals surface area (Å²) in [6.07, 6.45) is 0. The fourth-order valence-electron chi connectivity index (χ4n) is 8.25. The molecule has 0 saturated heterocycles. The topological polar surface area (TPSA) is 29.5 Å². The second kappa shape index (κ2) is 11.7. The van der Waals surface area contributed by atoms with E-state index in [2.05, 4.69) is 181 Å². The largest absolute Gasteiger partial charge is 0.455 e. The minimum absolute atomic E-state index is 0.891. The van der Waals surface area contributed by atoms with Gasteiger partial charge in [-0.25, -0.2) is 0 Å². The summed E-state index contributed by atoms with van der Waals surface area (Å²) in [6.45, 7) is 0. The van der Waals surface area contributed by atoms with Gasteiger partial charge in [-0.3, -0.25) is 0 Å². The van der Waals surface area contributed by atoms with E-state index in [0.29, 0.717) is 0 Å². The molecule has 11 aromatic rings. The fourth-order valence-corrected chi connectivity index (χ4v) is 8.25. The maximum Gasteiger partial charge on any atom is 0.143 e. The molecule has 0 atom stereocenters. The van der Waals surface area contributed by atoms with Crippen molar-refractivity contribution >= 4 is 82.5 Å². The number of hydrogen-bond acceptors (Lipinski definition) is 3. The Morgan fingerprint density at radius 2 is 0.906 bits per heavy atom. The first kappa shape index (κ1) is 29.6. The van der Waals surface area contributed by atoms with Crippen LogP contribution in [-0.4, -0.2) is 0 Å². The number of benzene rings is 9. The van der Waals surface area contributed by atoms with Crippen LogP contribution in [0.15, 0.2) is 197 Å². The first-order chi connectivity index (χ1) is 26.3. The van der Waals surface area contributed by atoms with Gasteiger partial charge in [-0.15, -0.1) is 0 Å². The van der Waals surface area contributed by atoms with E-state index >= 15 is 0 Å². The van der Waals surface area contributed by atoms with Crippen LogP contribution in [0.5, 0.6) is 0 Å². The number of hydrogen-bond donors (Lipinski definition) is 0. The van der Waals surface area contributed by atoms with Crippen LogP contribution < -0.4 is 4.90 Å². The van der Waals surface area contributed by atoms with E-state index in [1.54, 1.807) is 0 Å². The predicted molar refractivity (Wildman–Crippen MR) is 222 cm³/mol. The lowest BCUT2D eigenvalue weighted by Gasteiger charge is -2.29. The van der Waals surface area contributed by atoms with Gasteiger partial charge in [0.15, 0.2) is 0 Å². The smallest absolute Gasteiger partial charge is 0.143 e. The van der Waals surface area contributed by atoms with Gasteiger partial charge in [-0.1, -0.05) is 146 Å². The SMILES string of the molecule is c1ccc(N(c2ccc(-c3cccc4oc5c6ccccc6ccc5c34)cc2)c2cccc3ccccc23)c(-c2cccc3c2oc2ccccc23)c1. The van der Waals surface area contributed by atoms with Crippen LogP contribution in [0, 0.1) is 0 Å². The molecule has 0 N–H and O–H groups in total. The van der Waals surface area contributed by atoms with Crippen LogP contribution in [0.2, 0.25) is 0 Å². The number of fused-ring (bicyclic) bond motifs is 9. The molecule has 0 fully saturated rings. The minimum Gasteiger partial charge on any atom is -0.455 e. The zero-order valence-electron chi connectivity index (χ0n) is 28.7. The van der Waals surface area contributed by atoms with E-state index in [0.717, 1.165) is 88.6 Å². The van der Waals surface area contributed by atoms with Crippen LogP contribution in [0.25, 0.3) is 87.7 Å². The summed E-state index contributed by atoms with van der Waals surface area (Å²) in [6, 6.07) is 66.7. The second-order valence-corrected chi connectivity index (χ2v) is 13.6. The van der Waals surface area contributed by atoms with Crippen molar-refractivity contribution in [3.8, 4) is 22.3 Å². The Balaban J connectivity index is 1.11. The lowest BCUT2D eigenvalue weighted by molar-refractivity contribution is 0.670. The van der Waals surface area contributed by atoms with E-state index in [1.807, 2.05) is 12.1 Å². The standard InChI is InChI=1S/C50H31NO2/c1-3-15-36-32(12-1)14-9-23-44(36)51(45-22-7-5-17-39(45)41-20-10-21-42-40-18-6-8-24-46(40)52-50(41)42)35-29-26-34(27-30-35)37-19-11-25-47-48(37)43-31-28-33-13-2-4-16-38(33)49(43)53-47/h1-31H. The normalized spacial score (nSPS) is 11.8. The minimum atomic E-state index is 0.891. The number of anilines is 3. The molecule has 248 valence electrons. The first-order valence-electron chi connectivity index (χ1n) is 18.0. The molecule has 0 radical (unpaired) electrons. The van der Waals surface area contributed by atoms with Gasteiger partial charge < -0.3 is 13.7 Å². The van der Waals surface area contributed by atoms with Gasteiger partial charge in [0, 0.05) is 49.1 Å². The zero-order chi connectivity index (χ0) is 34.9. The zero-order valence-corrected chi connectivity index (χ0v) is 28.7. The highest BCUT2D eigenvalue weighted by Crippen LogP contribution is 2.47. The van der Waals surface area contributed by atoms with Gasteiger partial charge in [-0.05, 0) is 64.4 Å². The molecular weight excluding hydrogens is 647 g/mol. The van der Waals surface area contributed by atoms with Gasteiger partial charge in [0.2, 0.25) is 0 Å².